The average molecular weight is 216 g/mol. The van der Waals surface area contributed by atoms with E-state index in [0.29, 0.717) is 0 Å². The van der Waals surface area contributed by atoms with Crippen LogP contribution in [0.4, 0.5) is 5.82 Å². The second-order valence-corrected chi connectivity index (χ2v) is 4.03. The first kappa shape index (κ1) is 10.7. The van der Waals surface area contributed by atoms with Crippen molar-refractivity contribution in [1.82, 2.24) is 4.98 Å². The van der Waals surface area contributed by atoms with Crippen LogP contribution in [-0.2, 0) is 0 Å². The van der Waals surface area contributed by atoms with Crippen molar-refractivity contribution >= 4 is 5.82 Å². The minimum atomic E-state index is 0.128. The van der Waals surface area contributed by atoms with Crippen LogP contribution < -0.4 is 5.32 Å². The van der Waals surface area contributed by atoms with Crippen LogP contribution in [0.5, 0.6) is 0 Å². The third kappa shape index (κ3) is 2.42. The van der Waals surface area contributed by atoms with E-state index >= 15 is 0 Å². The van der Waals surface area contributed by atoms with Gasteiger partial charge in [0.05, 0.1) is 6.04 Å². The molecular weight excluding hydrogens is 200 g/mol. The Morgan fingerprint density at radius 1 is 1.25 bits per heavy atom. The van der Waals surface area contributed by atoms with Gasteiger partial charge in [0.1, 0.15) is 17.3 Å². The number of hydrogen-bond donors (Lipinski definition) is 1. The molecule has 0 aliphatic carbocycles. The second kappa shape index (κ2) is 4.39. The van der Waals surface area contributed by atoms with Crippen LogP contribution in [-0.4, -0.2) is 4.98 Å². The maximum absolute atomic E-state index is 5.56. The number of rotatable bonds is 3. The molecule has 0 saturated carbocycles. The Kier molecular flexibility index (Phi) is 2.95. The highest BCUT2D eigenvalue weighted by atomic mass is 16.3. The summed E-state index contributed by atoms with van der Waals surface area (Å²) in [4.78, 5) is 4.26. The van der Waals surface area contributed by atoms with Gasteiger partial charge in [-0.2, -0.15) is 0 Å². The van der Waals surface area contributed by atoms with E-state index in [2.05, 4.69) is 24.1 Å². The van der Waals surface area contributed by atoms with E-state index in [1.165, 1.54) is 5.56 Å². The number of nitrogens with one attached hydrogen (secondary N) is 1. The van der Waals surface area contributed by atoms with Gasteiger partial charge >= 0.3 is 0 Å². The maximum Gasteiger partial charge on any atom is 0.126 e. The van der Waals surface area contributed by atoms with Crippen LogP contribution in [0, 0.1) is 13.8 Å². The SMILES string of the molecule is Cc1ccnc(NC(C)c2ccc(C)o2)c1. The molecular formula is C13H16N2O. The number of anilines is 1. The van der Waals surface area contributed by atoms with Gasteiger partial charge < -0.3 is 9.73 Å². The molecule has 0 amide bonds. The smallest absolute Gasteiger partial charge is 0.126 e. The Hall–Kier alpha value is -1.77. The van der Waals surface area contributed by atoms with Crippen molar-refractivity contribution in [2.24, 2.45) is 0 Å². The Bertz CT molecular complexity index is 476. The molecule has 3 nitrogen and oxygen atoms in total. The van der Waals surface area contributed by atoms with Gasteiger partial charge in [-0.15, -0.1) is 0 Å². The summed E-state index contributed by atoms with van der Waals surface area (Å²) in [7, 11) is 0. The molecule has 2 rings (SSSR count). The lowest BCUT2D eigenvalue weighted by Gasteiger charge is -2.12. The van der Waals surface area contributed by atoms with Crippen molar-refractivity contribution in [2.75, 3.05) is 5.32 Å². The molecule has 2 aromatic heterocycles. The average Bonchev–Trinajstić information content (AvgIpc) is 2.65. The zero-order valence-electron chi connectivity index (χ0n) is 9.82. The van der Waals surface area contributed by atoms with Crippen LogP contribution in [0.2, 0.25) is 0 Å². The number of pyridine rings is 1. The Morgan fingerprint density at radius 2 is 2.06 bits per heavy atom. The first-order valence-electron chi connectivity index (χ1n) is 5.40. The highest BCUT2D eigenvalue weighted by molar-refractivity contribution is 5.38. The molecule has 0 fully saturated rings. The topological polar surface area (TPSA) is 38.1 Å². The summed E-state index contributed by atoms with van der Waals surface area (Å²) in [6, 6.07) is 8.09. The zero-order valence-corrected chi connectivity index (χ0v) is 9.82. The van der Waals surface area contributed by atoms with Crippen LogP contribution >= 0.6 is 0 Å². The summed E-state index contributed by atoms with van der Waals surface area (Å²) in [5.41, 5.74) is 1.19. The van der Waals surface area contributed by atoms with Gasteiger partial charge in [-0.25, -0.2) is 4.98 Å². The molecule has 2 heterocycles. The molecule has 0 aliphatic heterocycles. The van der Waals surface area contributed by atoms with E-state index in [1.54, 1.807) is 6.20 Å². The molecule has 16 heavy (non-hydrogen) atoms. The summed E-state index contributed by atoms with van der Waals surface area (Å²) < 4.78 is 5.56. The van der Waals surface area contributed by atoms with Crippen LogP contribution in [0.15, 0.2) is 34.9 Å². The molecule has 0 aliphatic rings. The lowest BCUT2D eigenvalue weighted by molar-refractivity contribution is 0.466. The Balaban J connectivity index is 2.10. The fourth-order valence-corrected chi connectivity index (χ4v) is 1.59. The van der Waals surface area contributed by atoms with Gasteiger partial charge in [-0.3, -0.25) is 0 Å². The summed E-state index contributed by atoms with van der Waals surface area (Å²) in [5, 5.41) is 3.31. The van der Waals surface area contributed by atoms with Crippen molar-refractivity contribution in [1.29, 1.82) is 0 Å². The number of hydrogen-bond acceptors (Lipinski definition) is 3. The predicted octanol–water partition coefficient (Wildman–Crippen LogP) is 3.46. The van der Waals surface area contributed by atoms with Crippen LogP contribution in [0.3, 0.4) is 0 Å². The lowest BCUT2D eigenvalue weighted by Crippen LogP contribution is -2.06. The van der Waals surface area contributed by atoms with Crippen LogP contribution in [0.25, 0.3) is 0 Å². The van der Waals surface area contributed by atoms with Crippen molar-refractivity contribution in [3.63, 3.8) is 0 Å². The van der Waals surface area contributed by atoms with Crippen molar-refractivity contribution < 1.29 is 4.42 Å². The monoisotopic (exact) mass is 216 g/mol. The number of nitrogens with zero attached hydrogens (tertiary/aromatic N) is 1. The minimum absolute atomic E-state index is 0.128. The van der Waals surface area contributed by atoms with E-state index < -0.39 is 0 Å². The number of aryl methyl sites for hydroxylation is 2. The van der Waals surface area contributed by atoms with Gasteiger partial charge in [-0.05, 0) is 50.6 Å². The lowest BCUT2D eigenvalue weighted by atomic mass is 10.2. The van der Waals surface area contributed by atoms with Crippen molar-refractivity contribution in [2.45, 2.75) is 26.8 Å². The minimum Gasteiger partial charge on any atom is -0.464 e. The maximum atomic E-state index is 5.56. The highest BCUT2D eigenvalue weighted by Crippen LogP contribution is 2.20. The van der Waals surface area contributed by atoms with Gasteiger partial charge in [0.15, 0.2) is 0 Å². The molecule has 0 bridgehead atoms. The fourth-order valence-electron chi connectivity index (χ4n) is 1.59. The normalized spacial score (nSPS) is 12.4. The number of aromatic nitrogens is 1. The third-order valence-electron chi connectivity index (χ3n) is 2.47. The first-order chi connectivity index (χ1) is 7.65. The van der Waals surface area contributed by atoms with E-state index in [-0.39, 0.29) is 6.04 Å². The molecule has 84 valence electrons. The molecule has 2 aromatic rings. The molecule has 0 saturated heterocycles. The zero-order chi connectivity index (χ0) is 11.5. The van der Waals surface area contributed by atoms with Crippen molar-refractivity contribution in [3.05, 3.63) is 47.5 Å². The quantitative estimate of drug-likeness (QED) is 0.853. The summed E-state index contributed by atoms with van der Waals surface area (Å²) in [5.74, 6) is 2.74. The highest BCUT2D eigenvalue weighted by Gasteiger charge is 2.09. The predicted molar refractivity (Wildman–Crippen MR) is 64.5 cm³/mol. The van der Waals surface area contributed by atoms with Crippen molar-refractivity contribution in [3.8, 4) is 0 Å². The summed E-state index contributed by atoms with van der Waals surface area (Å²) in [6.07, 6.45) is 1.80. The molecule has 0 radical (unpaired) electrons. The Labute approximate surface area is 95.5 Å². The fraction of sp³-hybridized carbons (Fsp3) is 0.308. The molecule has 1 atom stereocenters. The third-order valence-corrected chi connectivity index (χ3v) is 2.47. The molecule has 0 spiro atoms. The second-order valence-electron chi connectivity index (χ2n) is 4.03. The molecule has 3 heteroatoms. The first-order valence-corrected chi connectivity index (χ1v) is 5.40. The van der Waals surface area contributed by atoms with E-state index in [4.69, 9.17) is 4.42 Å². The molecule has 1 unspecified atom stereocenters. The van der Waals surface area contributed by atoms with Crippen LogP contribution in [0.1, 0.15) is 30.0 Å². The standard InChI is InChI=1S/C13H16N2O/c1-9-6-7-14-13(8-9)15-11(3)12-5-4-10(2)16-12/h4-8,11H,1-3H3,(H,14,15). The largest absolute Gasteiger partial charge is 0.464 e. The van der Waals surface area contributed by atoms with Gasteiger partial charge in [-0.1, -0.05) is 0 Å². The van der Waals surface area contributed by atoms with E-state index in [9.17, 15) is 0 Å². The molecule has 1 N–H and O–H groups in total. The van der Waals surface area contributed by atoms with Gasteiger partial charge in [0, 0.05) is 6.20 Å². The van der Waals surface area contributed by atoms with E-state index in [1.807, 2.05) is 31.2 Å². The number of furan rings is 1. The Morgan fingerprint density at radius 3 is 2.69 bits per heavy atom. The van der Waals surface area contributed by atoms with Gasteiger partial charge in [0.2, 0.25) is 0 Å². The molecule has 0 aromatic carbocycles. The summed E-state index contributed by atoms with van der Waals surface area (Å²) >= 11 is 0. The van der Waals surface area contributed by atoms with E-state index in [0.717, 1.165) is 17.3 Å². The summed E-state index contributed by atoms with van der Waals surface area (Å²) in [6.45, 7) is 6.05. The van der Waals surface area contributed by atoms with Gasteiger partial charge in [0.25, 0.3) is 0 Å².